The van der Waals surface area contributed by atoms with Crippen LogP contribution in [-0.4, -0.2) is 16.0 Å². The molecule has 1 aromatic heterocycles. The third-order valence-electron chi connectivity index (χ3n) is 4.27. The van der Waals surface area contributed by atoms with Crippen molar-refractivity contribution in [2.75, 3.05) is 5.32 Å². The number of para-hydroxylation sites is 1. The van der Waals surface area contributed by atoms with Gasteiger partial charge in [0.1, 0.15) is 11.3 Å². The van der Waals surface area contributed by atoms with E-state index in [4.69, 9.17) is 21.9 Å². The zero-order chi connectivity index (χ0) is 34.9. The Labute approximate surface area is 193 Å². The molecule has 2 aromatic carbocycles. The normalized spacial score (nSPS) is 22.5. The predicted octanol–water partition coefficient (Wildman–Crippen LogP) is 5.08. The maximum Gasteiger partial charge on any atom is 0.261 e. The number of phenolic OH excluding ortho intramolecular Hbond substituents is 1. The third-order valence-corrected chi connectivity index (χ3v) is 4.27. The van der Waals surface area contributed by atoms with Crippen LogP contribution < -0.4 is 10.7 Å². The number of H-pyrrole nitrogens is 1. The summed E-state index contributed by atoms with van der Waals surface area (Å²) in [6.45, 7) is -18.5. The van der Waals surface area contributed by atoms with E-state index >= 15 is 0 Å². The zero-order valence-electron chi connectivity index (χ0n) is 31.2. The van der Waals surface area contributed by atoms with Crippen molar-refractivity contribution >= 4 is 22.5 Å². The van der Waals surface area contributed by atoms with Crippen molar-refractivity contribution < 1.29 is 31.8 Å². The number of phenols is 1. The molecular weight excluding hydrogens is 364 g/mol. The van der Waals surface area contributed by atoms with Gasteiger partial charge in [0.25, 0.3) is 5.91 Å². The van der Waals surface area contributed by atoms with Gasteiger partial charge in [-0.05, 0) is 40.2 Å². The van der Waals surface area contributed by atoms with Crippen molar-refractivity contribution in [1.82, 2.24) is 4.98 Å². The van der Waals surface area contributed by atoms with Gasteiger partial charge in [-0.15, -0.1) is 0 Å². The summed E-state index contributed by atoms with van der Waals surface area (Å²) in [7, 11) is 0. The lowest BCUT2D eigenvalue weighted by atomic mass is 9.79. The number of rotatable bonds is 2. The van der Waals surface area contributed by atoms with Crippen LogP contribution in [0.5, 0.6) is 5.75 Å². The van der Waals surface area contributed by atoms with E-state index in [9.17, 15) is 14.7 Å². The Morgan fingerprint density at radius 3 is 2.52 bits per heavy atom. The van der Waals surface area contributed by atoms with E-state index in [2.05, 4.69) is 10.3 Å². The number of anilines is 1. The van der Waals surface area contributed by atoms with E-state index in [1.807, 2.05) is 0 Å². The molecule has 1 amide bonds. The Bertz CT molecular complexity index is 1640. The Morgan fingerprint density at radius 2 is 1.83 bits per heavy atom. The number of aromatic hydroxyl groups is 1. The molecule has 0 bridgehead atoms. The summed E-state index contributed by atoms with van der Waals surface area (Å²) in [6.07, 6.45) is 0.979. The maximum atomic E-state index is 13.4. The molecule has 5 nitrogen and oxygen atoms in total. The fourth-order valence-corrected chi connectivity index (χ4v) is 2.83. The molecule has 29 heavy (non-hydrogen) atoms. The molecule has 0 spiro atoms. The molecule has 0 aliphatic rings. The average molecular weight is 409 g/mol. The summed E-state index contributed by atoms with van der Waals surface area (Å²) in [6, 6.07) is 4.89. The molecule has 0 atom stereocenters. The molecule has 0 unspecified atom stereocenters. The molecule has 0 radical (unpaired) electrons. The highest BCUT2D eigenvalue weighted by molar-refractivity contribution is 6.06. The van der Waals surface area contributed by atoms with E-state index in [0.29, 0.717) is 12.4 Å². The van der Waals surface area contributed by atoms with Gasteiger partial charge < -0.3 is 15.4 Å². The molecule has 0 saturated heterocycles. The Balaban J connectivity index is 2.56. The predicted molar refractivity (Wildman–Crippen MR) is 118 cm³/mol. The molecular formula is C24H28N2O3. The van der Waals surface area contributed by atoms with Crippen LogP contribution in [0.3, 0.4) is 0 Å². The lowest BCUT2D eigenvalue weighted by Crippen LogP contribution is -2.25. The summed E-state index contributed by atoms with van der Waals surface area (Å²) < 4.78 is 129. The summed E-state index contributed by atoms with van der Waals surface area (Å²) in [5.41, 5.74) is -11.9. The van der Waals surface area contributed by atoms with Gasteiger partial charge in [-0.2, -0.15) is 0 Å². The van der Waals surface area contributed by atoms with Crippen LogP contribution in [0.25, 0.3) is 10.9 Å². The molecule has 3 rings (SSSR count). The van der Waals surface area contributed by atoms with E-state index < -0.39 is 90.6 Å². The number of hydrogen-bond acceptors (Lipinski definition) is 3. The van der Waals surface area contributed by atoms with Gasteiger partial charge >= 0.3 is 0 Å². The van der Waals surface area contributed by atoms with Crippen LogP contribution in [0.2, 0.25) is 0 Å². The minimum Gasteiger partial charge on any atom is -0.508 e. The van der Waals surface area contributed by atoms with Gasteiger partial charge in [0.05, 0.1) is 1.37 Å². The number of amides is 1. The van der Waals surface area contributed by atoms with Gasteiger partial charge in [-0.1, -0.05) is 53.3 Å². The molecule has 0 aliphatic carbocycles. The number of nitrogens with one attached hydrogen (secondary N) is 2. The van der Waals surface area contributed by atoms with Crippen LogP contribution in [0.4, 0.5) is 5.69 Å². The molecule has 3 aromatic rings. The minimum atomic E-state index is -4.00. The first kappa shape index (κ1) is 8.34. The number of aromatic amines is 1. The van der Waals surface area contributed by atoms with E-state index in [1.54, 1.807) is 6.07 Å². The number of pyridine rings is 1. The summed E-state index contributed by atoms with van der Waals surface area (Å²) in [4.78, 5) is 29.2. The number of hydrogen-bond donors (Lipinski definition) is 3. The van der Waals surface area contributed by atoms with Gasteiger partial charge in [-0.25, -0.2) is 0 Å². The van der Waals surface area contributed by atoms with Gasteiger partial charge in [0, 0.05) is 49.4 Å². The van der Waals surface area contributed by atoms with Gasteiger partial charge in [0.15, 0.2) is 0 Å². The van der Waals surface area contributed by atoms with Crippen molar-refractivity contribution in [2.45, 2.75) is 52.0 Å². The van der Waals surface area contributed by atoms with Crippen LogP contribution in [0, 0.1) is 0 Å². The molecule has 3 N–H and O–H groups in total. The molecule has 5 heteroatoms. The van der Waals surface area contributed by atoms with Crippen LogP contribution in [-0.2, 0) is 10.8 Å². The monoisotopic (exact) mass is 408 g/mol. The van der Waals surface area contributed by atoms with Crippen molar-refractivity contribution in [3.63, 3.8) is 0 Å². The first-order valence-corrected chi connectivity index (χ1v) is 8.36. The second-order valence-electron chi connectivity index (χ2n) is 6.73. The number of carbonyl (C=O) groups excluding carboxylic acids is 1. The second kappa shape index (κ2) is 7.07. The highest BCUT2D eigenvalue weighted by Gasteiger charge is 2.26. The first-order chi connectivity index (χ1) is 20.1. The molecule has 0 aliphatic heterocycles. The molecule has 1 heterocycles. The van der Waals surface area contributed by atoms with E-state index in [-0.39, 0.29) is 11.5 Å². The van der Waals surface area contributed by atoms with Crippen molar-refractivity contribution in [3.8, 4) is 5.75 Å². The number of carbonyl (C=O) groups is 1. The molecule has 152 valence electrons. The second-order valence-corrected chi connectivity index (χ2v) is 6.73. The van der Waals surface area contributed by atoms with Crippen LogP contribution in [0.1, 0.15) is 84.6 Å². The van der Waals surface area contributed by atoms with E-state index in [1.165, 1.54) is 18.2 Å². The molecule has 0 fully saturated rings. The van der Waals surface area contributed by atoms with E-state index in [0.717, 1.165) is 6.20 Å². The van der Waals surface area contributed by atoms with Gasteiger partial charge in [-0.3, -0.25) is 9.59 Å². The standard InChI is InChI=1S/C24H28N2O3/c1-23(2,3)16-11-17(24(4,5)6)20(27)12-19(16)26-22(29)15-13-25-18-10-8-7-9-14(18)21(15)28/h7-13,27H,1-6H3,(H,25,28)(H,26,29)/i1D3,2D3,4D3,5D3,6D3,12D. The lowest BCUT2D eigenvalue weighted by Gasteiger charge is -2.28. The maximum absolute atomic E-state index is 13.4. The minimum absolute atomic E-state index is 0.0438. The Kier molecular flexibility index (Phi) is 2.03. The first-order valence-electron chi connectivity index (χ1n) is 16.4. The summed E-state index contributed by atoms with van der Waals surface area (Å²) in [5.74, 6) is -2.92. The quantitative estimate of drug-likeness (QED) is 0.553. The topological polar surface area (TPSA) is 82.2 Å². The van der Waals surface area contributed by atoms with Crippen LogP contribution >= 0.6 is 0 Å². The SMILES string of the molecule is [2H]c1c(O)c(C(C([2H])([2H])[2H])(C([2H])([2H])[2H])C([2H])([2H])[2H])cc(C(C)(C([2H])([2H])[2H])C([2H])([2H])[2H])c1NC(=O)c1c[nH]c2ccccc2c1=O. The average Bonchev–Trinajstić information content (AvgIpc) is 2.84. The Morgan fingerprint density at radius 1 is 1.14 bits per heavy atom. The number of fused-ring (bicyclic) bond motifs is 1. The highest BCUT2D eigenvalue weighted by atomic mass is 16.3. The largest absolute Gasteiger partial charge is 0.508 e. The Hall–Kier alpha value is -3.08. The third kappa shape index (κ3) is 4.04. The number of aromatic nitrogens is 1. The lowest BCUT2D eigenvalue weighted by molar-refractivity contribution is 0.102. The number of benzene rings is 2. The van der Waals surface area contributed by atoms with Gasteiger partial charge in [0.2, 0.25) is 5.43 Å². The van der Waals surface area contributed by atoms with Crippen molar-refractivity contribution in [1.29, 1.82) is 0 Å². The summed E-state index contributed by atoms with van der Waals surface area (Å²) in [5, 5.41) is 13.2. The van der Waals surface area contributed by atoms with Crippen LogP contribution in [0.15, 0.2) is 47.4 Å². The summed E-state index contributed by atoms with van der Waals surface area (Å²) >= 11 is 0. The van der Waals surface area contributed by atoms with Crippen molar-refractivity contribution in [3.05, 3.63) is 69.5 Å². The smallest absolute Gasteiger partial charge is 0.261 e. The van der Waals surface area contributed by atoms with Crippen molar-refractivity contribution in [2.24, 2.45) is 0 Å². The molecule has 0 saturated carbocycles. The fraction of sp³-hybridized carbons (Fsp3) is 0.333. The fourth-order valence-electron chi connectivity index (χ4n) is 2.83. The zero-order valence-corrected chi connectivity index (χ0v) is 15.2. The highest BCUT2D eigenvalue weighted by Crippen LogP contribution is 2.39.